The van der Waals surface area contributed by atoms with E-state index in [0.717, 1.165) is 11.1 Å². The Morgan fingerprint density at radius 3 is 2.25 bits per heavy atom. The molecule has 0 saturated carbocycles. The van der Waals surface area contributed by atoms with Crippen LogP contribution in [0.2, 0.25) is 5.02 Å². The molecule has 4 nitrogen and oxygen atoms in total. The van der Waals surface area contributed by atoms with E-state index in [-0.39, 0.29) is 10.8 Å². The number of aromatic nitrogens is 1. The molecular weight excluding hydrogens is 346 g/mol. The fraction of sp³-hybridized carbons (Fsp3) is 0.0556. The predicted octanol–water partition coefficient (Wildman–Crippen LogP) is 4.48. The molecule has 0 atom stereocenters. The van der Waals surface area contributed by atoms with Gasteiger partial charge in [0.25, 0.3) is 0 Å². The minimum absolute atomic E-state index is 0.0167. The van der Waals surface area contributed by atoms with E-state index in [1.165, 1.54) is 18.2 Å². The van der Waals surface area contributed by atoms with Crippen molar-refractivity contribution in [3.8, 4) is 17.1 Å². The summed E-state index contributed by atoms with van der Waals surface area (Å²) >= 11 is 5.87. The number of pyridine rings is 1. The fourth-order valence-electron chi connectivity index (χ4n) is 2.11. The van der Waals surface area contributed by atoms with E-state index in [1.54, 1.807) is 36.4 Å². The highest BCUT2D eigenvalue weighted by atomic mass is 35.5. The summed E-state index contributed by atoms with van der Waals surface area (Å²) in [6.07, 6.45) is 0. The molecule has 122 valence electrons. The SMILES string of the molecule is Cc1ccc(S(=O)(=O)Oc2cccc(-c3ccc(Cl)cc3)n2)cc1. The minimum atomic E-state index is -3.92. The third kappa shape index (κ3) is 3.75. The monoisotopic (exact) mass is 359 g/mol. The molecule has 0 unspecified atom stereocenters. The average molecular weight is 360 g/mol. The number of hydrogen-bond acceptors (Lipinski definition) is 4. The molecule has 2 aromatic carbocycles. The van der Waals surface area contributed by atoms with Crippen LogP contribution in [0.25, 0.3) is 11.3 Å². The van der Waals surface area contributed by atoms with Crippen LogP contribution in [0.5, 0.6) is 5.88 Å². The first kappa shape index (κ1) is 16.5. The van der Waals surface area contributed by atoms with Gasteiger partial charge < -0.3 is 4.18 Å². The van der Waals surface area contributed by atoms with Crippen molar-refractivity contribution in [3.05, 3.63) is 77.3 Å². The summed E-state index contributed by atoms with van der Waals surface area (Å²) in [7, 11) is -3.92. The molecule has 3 rings (SSSR count). The largest absolute Gasteiger partial charge is 0.358 e. The topological polar surface area (TPSA) is 56.3 Å². The first-order valence-electron chi connectivity index (χ1n) is 7.18. The van der Waals surface area contributed by atoms with Crippen molar-refractivity contribution in [2.75, 3.05) is 0 Å². The lowest BCUT2D eigenvalue weighted by Crippen LogP contribution is -2.10. The highest BCUT2D eigenvalue weighted by molar-refractivity contribution is 7.87. The summed E-state index contributed by atoms with van der Waals surface area (Å²) in [4.78, 5) is 4.35. The Kier molecular flexibility index (Phi) is 4.55. The Morgan fingerprint density at radius 2 is 1.58 bits per heavy atom. The zero-order chi connectivity index (χ0) is 17.2. The second-order valence-corrected chi connectivity index (χ2v) is 7.20. The molecule has 0 aliphatic heterocycles. The maximum atomic E-state index is 12.3. The number of benzene rings is 2. The maximum Gasteiger partial charge on any atom is 0.340 e. The Balaban J connectivity index is 1.89. The number of halogens is 1. The molecule has 0 bridgehead atoms. The number of rotatable bonds is 4. The Labute approximate surface area is 145 Å². The van der Waals surface area contributed by atoms with Gasteiger partial charge in [-0.15, -0.1) is 0 Å². The summed E-state index contributed by atoms with van der Waals surface area (Å²) in [6, 6.07) is 18.5. The zero-order valence-corrected chi connectivity index (χ0v) is 14.4. The van der Waals surface area contributed by atoms with Crippen molar-refractivity contribution in [2.24, 2.45) is 0 Å². The van der Waals surface area contributed by atoms with Crippen molar-refractivity contribution < 1.29 is 12.6 Å². The van der Waals surface area contributed by atoms with Crippen LogP contribution >= 0.6 is 11.6 Å². The Hall–Kier alpha value is -2.37. The van der Waals surface area contributed by atoms with E-state index in [2.05, 4.69) is 4.98 Å². The molecule has 0 aliphatic carbocycles. The predicted molar refractivity (Wildman–Crippen MR) is 93.7 cm³/mol. The molecule has 6 heteroatoms. The van der Waals surface area contributed by atoms with Gasteiger partial charge in [0.2, 0.25) is 5.88 Å². The standard InChI is InChI=1S/C18H14ClNO3S/c1-13-5-11-16(12-6-13)24(21,22)23-18-4-2-3-17(20-18)14-7-9-15(19)10-8-14/h2-12H,1H3. The number of aryl methyl sites for hydroxylation is 1. The van der Waals surface area contributed by atoms with Crippen LogP contribution in [0.1, 0.15) is 5.56 Å². The van der Waals surface area contributed by atoms with E-state index in [1.807, 2.05) is 19.1 Å². The first-order chi connectivity index (χ1) is 11.4. The minimum Gasteiger partial charge on any atom is -0.358 e. The molecular formula is C18H14ClNO3S. The van der Waals surface area contributed by atoms with Gasteiger partial charge in [-0.1, -0.05) is 47.5 Å². The van der Waals surface area contributed by atoms with Crippen LogP contribution in [0.3, 0.4) is 0 Å². The molecule has 3 aromatic rings. The van der Waals surface area contributed by atoms with E-state index in [9.17, 15) is 8.42 Å². The van der Waals surface area contributed by atoms with Gasteiger partial charge in [-0.2, -0.15) is 8.42 Å². The van der Waals surface area contributed by atoms with Gasteiger partial charge in [-0.25, -0.2) is 4.98 Å². The summed E-state index contributed by atoms with van der Waals surface area (Å²) in [5, 5.41) is 0.619. The van der Waals surface area contributed by atoms with Gasteiger partial charge in [0, 0.05) is 16.7 Å². The lowest BCUT2D eigenvalue weighted by molar-refractivity contribution is 0.476. The smallest absolute Gasteiger partial charge is 0.340 e. The second kappa shape index (κ2) is 6.63. The highest BCUT2D eigenvalue weighted by Crippen LogP contribution is 2.23. The van der Waals surface area contributed by atoms with Gasteiger partial charge >= 0.3 is 10.1 Å². The molecule has 0 spiro atoms. The van der Waals surface area contributed by atoms with Crippen LogP contribution in [0.4, 0.5) is 0 Å². The molecule has 0 N–H and O–H groups in total. The molecule has 0 aliphatic rings. The molecule has 1 aromatic heterocycles. The Bertz CT molecular complexity index is 952. The number of nitrogens with zero attached hydrogens (tertiary/aromatic N) is 1. The van der Waals surface area contributed by atoms with Crippen LogP contribution in [-0.2, 0) is 10.1 Å². The normalized spacial score (nSPS) is 11.2. The Morgan fingerprint density at radius 1 is 0.917 bits per heavy atom. The van der Waals surface area contributed by atoms with Crippen LogP contribution < -0.4 is 4.18 Å². The van der Waals surface area contributed by atoms with Crippen LogP contribution in [0.15, 0.2) is 71.6 Å². The molecule has 0 fully saturated rings. The van der Waals surface area contributed by atoms with Gasteiger partial charge in [0.15, 0.2) is 0 Å². The molecule has 24 heavy (non-hydrogen) atoms. The molecule has 1 heterocycles. The van der Waals surface area contributed by atoms with Crippen molar-refractivity contribution in [3.63, 3.8) is 0 Å². The van der Waals surface area contributed by atoms with Gasteiger partial charge in [0.05, 0.1) is 5.69 Å². The zero-order valence-electron chi connectivity index (χ0n) is 12.8. The molecule has 0 saturated heterocycles. The summed E-state index contributed by atoms with van der Waals surface area (Å²) < 4.78 is 29.8. The average Bonchev–Trinajstić information content (AvgIpc) is 2.56. The summed E-state index contributed by atoms with van der Waals surface area (Å²) in [5.41, 5.74) is 2.39. The van der Waals surface area contributed by atoms with E-state index >= 15 is 0 Å². The lowest BCUT2D eigenvalue weighted by Gasteiger charge is -2.08. The fourth-order valence-corrected chi connectivity index (χ4v) is 3.12. The van der Waals surface area contributed by atoms with Crippen molar-refractivity contribution in [1.82, 2.24) is 4.98 Å². The third-order valence-corrected chi connectivity index (χ3v) is 4.86. The summed E-state index contributed by atoms with van der Waals surface area (Å²) in [6.45, 7) is 1.88. The van der Waals surface area contributed by atoms with Crippen LogP contribution in [-0.4, -0.2) is 13.4 Å². The van der Waals surface area contributed by atoms with Crippen LogP contribution in [0, 0.1) is 6.92 Å². The van der Waals surface area contributed by atoms with Gasteiger partial charge in [-0.05, 0) is 37.3 Å². The van der Waals surface area contributed by atoms with Gasteiger partial charge in [0.1, 0.15) is 4.90 Å². The van der Waals surface area contributed by atoms with Crippen molar-refractivity contribution in [2.45, 2.75) is 11.8 Å². The van der Waals surface area contributed by atoms with Gasteiger partial charge in [-0.3, -0.25) is 0 Å². The van der Waals surface area contributed by atoms with E-state index < -0.39 is 10.1 Å². The quantitative estimate of drug-likeness (QED) is 0.644. The van der Waals surface area contributed by atoms with Crippen molar-refractivity contribution >= 4 is 21.7 Å². The maximum absolute atomic E-state index is 12.3. The lowest BCUT2D eigenvalue weighted by atomic mass is 10.1. The number of hydrogen-bond donors (Lipinski definition) is 0. The van der Waals surface area contributed by atoms with E-state index in [0.29, 0.717) is 10.7 Å². The highest BCUT2D eigenvalue weighted by Gasteiger charge is 2.17. The van der Waals surface area contributed by atoms with Crippen molar-refractivity contribution in [1.29, 1.82) is 0 Å². The molecule has 0 radical (unpaired) electrons. The second-order valence-electron chi connectivity index (χ2n) is 5.22. The molecule has 0 amide bonds. The van der Waals surface area contributed by atoms with E-state index in [4.69, 9.17) is 15.8 Å². The third-order valence-electron chi connectivity index (χ3n) is 3.37. The first-order valence-corrected chi connectivity index (χ1v) is 8.97. The summed E-state index contributed by atoms with van der Waals surface area (Å²) in [5.74, 6) is 0.0167.